The highest BCUT2D eigenvalue weighted by Gasteiger charge is 2.16. The molecule has 1 heterocycles. The zero-order valence-electron chi connectivity index (χ0n) is 8.71. The lowest BCUT2D eigenvalue weighted by atomic mass is 10.0. The van der Waals surface area contributed by atoms with E-state index in [1.54, 1.807) is 0 Å². The largest absolute Gasteiger partial charge is 0.452 e. The smallest absolute Gasteiger partial charge is 0.169 e. The molecule has 0 aliphatic rings. The first-order valence-electron chi connectivity index (χ1n) is 4.85. The van der Waals surface area contributed by atoms with Crippen molar-refractivity contribution in [2.45, 2.75) is 13.0 Å². The van der Waals surface area contributed by atoms with Crippen molar-refractivity contribution in [1.29, 1.82) is 0 Å². The van der Waals surface area contributed by atoms with Crippen LogP contribution in [0, 0.1) is 10.5 Å². The molecule has 1 atom stereocenters. The molecule has 0 spiro atoms. The Balaban J connectivity index is 2.41. The van der Waals surface area contributed by atoms with Gasteiger partial charge >= 0.3 is 0 Å². The first-order chi connectivity index (χ1) is 7.59. The summed E-state index contributed by atoms with van der Waals surface area (Å²) in [5, 5.41) is 0. The van der Waals surface area contributed by atoms with Gasteiger partial charge in [0.1, 0.15) is 5.76 Å². The Kier molecular flexibility index (Phi) is 3.71. The van der Waals surface area contributed by atoms with Crippen molar-refractivity contribution in [3.63, 3.8) is 0 Å². The lowest BCUT2D eigenvalue weighted by Gasteiger charge is -2.12. The van der Waals surface area contributed by atoms with E-state index in [0.717, 1.165) is 11.3 Å². The molecule has 0 aliphatic heterocycles. The summed E-state index contributed by atoms with van der Waals surface area (Å²) in [6.45, 7) is 2.08. The number of hydrogen-bond acceptors (Lipinski definition) is 2. The number of furan rings is 1. The van der Waals surface area contributed by atoms with E-state index in [-0.39, 0.29) is 6.04 Å². The maximum Gasteiger partial charge on any atom is 0.169 e. The monoisotopic (exact) mass is 391 g/mol. The summed E-state index contributed by atoms with van der Waals surface area (Å²) in [6.07, 6.45) is 0. The molecule has 2 N–H and O–H groups in total. The van der Waals surface area contributed by atoms with Gasteiger partial charge in [0.25, 0.3) is 0 Å². The molecule has 2 rings (SSSR count). The van der Waals surface area contributed by atoms with Crippen molar-refractivity contribution < 1.29 is 4.42 Å². The van der Waals surface area contributed by atoms with Crippen molar-refractivity contribution in [3.8, 4) is 0 Å². The van der Waals surface area contributed by atoms with E-state index in [1.807, 2.05) is 24.3 Å². The van der Waals surface area contributed by atoms with Gasteiger partial charge in [0.15, 0.2) is 4.67 Å². The van der Waals surface area contributed by atoms with Crippen molar-refractivity contribution in [2.75, 3.05) is 0 Å². The molecular formula is C12H11BrINO. The van der Waals surface area contributed by atoms with Crippen LogP contribution in [0.2, 0.25) is 0 Å². The lowest BCUT2D eigenvalue weighted by Crippen LogP contribution is -2.12. The first kappa shape index (κ1) is 12.1. The van der Waals surface area contributed by atoms with Crippen LogP contribution in [0.25, 0.3) is 0 Å². The molecule has 0 saturated heterocycles. The molecule has 0 aliphatic carbocycles. The van der Waals surface area contributed by atoms with Crippen molar-refractivity contribution in [2.24, 2.45) is 5.73 Å². The number of rotatable bonds is 2. The molecule has 16 heavy (non-hydrogen) atoms. The molecule has 2 aromatic rings. The highest BCUT2D eigenvalue weighted by Crippen LogP contribution is 2.28. The zero-order valence-corrected chi connectivity index (χ0v) is 12.4. The molecule has 0 amide bonds. The summed E-state index contributed by atoms with van der Waals surface area (Å²) >= 11 is 5.60. The van der Waals surface area contributed by atoms with E-state index in [9.17, 15) is 0 Å². The van der Waals surface area contributed by atoms with Crippen LogP contribution in [0.4, 0.5) is 0 Å². The van der Waals surface area contributed by atoms with Gasteiger partial charge in [0.05, 0.1) is 6.04 Å². The molecule has 1 aromatic carbocycles. The van der Waals surface area contributed by atoms with Crippen LogP contribution in [0.15, 0.2) is 39.4 Å². The van der Waals surface area contributed by atoms with Crippen LogP contribution >= 0.6 is 38.5 Å². The Morgan fingerprint density at radius 2 is 2.06 bits per heavy atom. The van der Waals surface area contributed by atoms with E-state index >= 15 is 0 Å². The minimum Gasteiger partial charge on any atom is -0.452 e. The summed E-state index contributed by atoms with van der Waals surface area (Å²) in [4.78, 5) is 0. The quantitative estimate of drug-likeness (QED) is 0.785. The van der Waals surface area contributed by atoms with Crippen LogP contribution in [0.5, 0.6) is 0 Å². The first-order valence-corrected chi connectivity index (χ1v) is 6.72. The van der Waals surface area contributed by atoms with Crippen LogP contribution in [0.1, 0.15) is 22.9 Å². The van der Waals surface area contributed by atoms with E-state index in [2.05, 4.69) is 51.5 Å². The molecule has 2 nitrogen and oxygen atoms in total. The van der Waals surface area contributed by atoms with Gasteiger partial charge < -0.3 is 10.2 Å². The van der Waals surface area contributed by atoms with Crippen molar-refractivity contribution in [1.82, 2.24) is 0 Å². The third kappa shape index (κ3) is 2.33. The van der Waals surface area contributed by atoms with E-state index in [0.29, 0.717) is 4.67 Å². The highest BCUT2D eigenvalue weighted by atomic mass is 127. The number of hydrogen-bond donors (Lipinski definition) is 1. The van der Waals surface area contributed by atoms with Gasteiger partial charge in [-0.05, 0) is 68.7 Å². The van der Waals surface area contributed by atoms with Gasteiger partial charge in [-0.25, -0.2) is 0 Å². The summed E-state index contributed by atoms with van der Waals surface area (Å²) in [5.74, 6) is 0.774. The predicted octanol–water partition coefficient (Wildman–Crippen LogP) is 4.00. The Hall–Kier alpha value is -0.330. The maximum atomic E-state index is 6.18. The lowest BCUT2D eigenvalue weighted by molar-refractivity contribution is 0.469. The fraction of sp³-hybridized carbons (Fsp3) is 0.167. The molecule has 1 unspecified atom stereocenters. The molecule has 0 saturated carbocycles. The number of aryl methyl sites for hydroxylation is 1. The van der Waals surface area contributed by atoms with Crippen LogP contribution in [-0.4, -0.2) is 0 Å². The van der Waals surface area contributed by atoms with Gasteiger partial charge in [-0.15, -0.1) is 0 Å². The Morgan fingerprint density at radius 3 is 2.69 bits per heavy atom. The topological polar surface area (TPSA) is 39.2 Å². The minimum absolute atomic E-state index is 0.210. The predicted molar refractivity (Wildman–Crippen MR) is 76.3 cm³/mol. The van der Waals surface area contributed by atoms with Gasteiger partial charge in [-0.1, -0.05) is 18.2 Å². The third-order valence-corrected chi connectivity index (χ3v) is 4.36. The van der Waals surface area contributed by atoms with E-state index in [1.165, 1.54) is 9.13 Å². The number of halogens is 2. The Labute approximate surface area is 116 Å². The second-order valence-electron chi connectivity index (χ2n) is 3.60. The van der Waals surface area contributed by atoms with Crippen molar-refractivity contribution >= 4 is 38.5 Å². The number of nitrogens with two attached hydrogens (primary N) is 1. The Bertz CT molecular complexity index is 509. The van der Waals surface area contributed by atoms with Gasteiger partial charge in [0.2, 0.25) is 0 Å². The average Bonchev–Trinajstić information content (AvgIpc) is 2.68. The van der Waals surface area contributed by atoms with Gasteiger partial charge in [-0.2, -0.15) is 0 Å². The SMILES string of the molecule is Cc1cccc(C(N)c2ccc(Br)o2)c1I. The second-order valence-corrected chi connectivity index (χ2v) is 5.46. The second kappa shape index (κ2) is 4.89. The summed E-state index contributed by atoms with van der Waals surface area (Å²) < 4.78 is 7.39. The summed E-state index contributed by atoms with van der Waals surface area (Å²) in [6, 6.07) is 9.68. The molecule has 0 radical (unpaired) electrons. The molecule has 4 heteroatoms. The third-order valence-electron chi connectivity index (χ3n) is 2.46. The fourth-order valence-electron chi connectivity index (χ4n) is 1.56. The molecule has 0 bridgehead atoms. The van der Waals surface area contributed by atoms with Gasteiger partial charge in [0, 0.05) is 3.57 Å². The van der Waals surface area contributed by atoms with Crippen molar-refractivity contribution in [3.05, 3.63) is 55.5 Å². The standard InChI is InChI=1S/C12H11BrINO/c1-7-3-2-4-8(11(7)14)12(15)9-5-6-10(13)16-9/h2-6,12H,15H2,1H3. The van der Waals surface area contributed by atoms with Gasteiger partial charge in [-0.3, -0.25) is 0 Å². The molecule has 0 fully saturated rings. The highest BCUT2D eigenvalue weighted by molar-refractivity contribution is 14.1. The Morgan fingerprint density at radius 1 is 1.31 bits per heavy atom. The van der Waals surface area contributed by atoms with E-state index < -0.39 is 0 Å². The molecule has 84 valence electrons. The van der Waals surface area contributed by atoms with E-state index in [4.69, 9.17) is 10.2 Å². The van der Waals surface area contributed by atoms with Crippen LogP contribution in [0.3, 0.4) is 0 Å². The summed E-state index contributed by atoms with van der Waals surface area (Å²) in [7, 11) is 0. The average molecular weight is 392 g/mol. The summed E-state index contributed by atoms with van der Waals surface area (Å²) in [5.41, 5.74) is 8.51. The maximum absolute atomic E-state index is 6.18. The fourth-order valence-corrected chi connectivity index (χ4v) is 2.57. The molecule has 1 aromatic heterocycles. The zero-order chi connectivity index (χ0) is 11.7. The normalized spacial score (nSPS) is 12.8. The molecular weight excluding hydrogens is 381 g/mol. The van der Waals surface area contributed by atoms with Crippen LogP contribution < -0.4 is 5.73 Å². The van der Waals surface area contributed by atoms with Crippen LogP contribution in [-0.2, 0) is 0 Å². The minimum atomic E-state index is -0.210. The number of benzene rings is 1.